The summed E-state index contributed by atoms with van der Waals surface area (Å²) in [6.07, 6.45) is 6.58. The lowest BCUT2D eigenvalue weighted by atomic mass is 9.81. The predicted octanol–water partition coefficient (Wildman–Crippen LogP) is 1.38. The van der Waals surface area contributed by atoms with Crippen molar-refractivity contribution >= 4 is 12.0 Å². The molecule has 0 unspecified atom stereocenters. The predicted molar refractivity (Wildman–Crippen MR) is 93.5 cm³/mol. The maximum atomic E-state index is 12.6. The van der Waals surface area contributed by atoms with Gasteiger partial charge in [0.2, 0.25) is 0 Å². The van der Waals surface area contributed by atoms with Gasteiger partial charge < -0.3 is 25.0 Å². The Morgan fingerprint density at radius 2 is 1.96 bits per heavy atom. The van der Waals surface area contributed by atoms with E-state index in [0.717, 1.165) is 32.4 Å². The molecular formula is C18H31N3O4. The van der Waals surface area contributed by atoms with E-state index in [1.807, 2.05) is 0 Å². The maximum absolute atomic E-state index is 12.6. The first kappa shape index (κ1) is 18.5. The highest BCUT2D eigenvalue weighted by atomic mass is 16.5. The van der Waals surface area contributed by atoms with E-state index in [1.165, 1.54) is 19.3 Å². The van der Waals surface area contributed by atoms with Gasteiger partial charge in [0.15, 0.2) is 0 Å². The smallest absolute Gasteiger partial charge is 0.317 e. The molecule has 7 heteroatoms. The first-order chi connectivity index (χ1) is 12.0. The van der Waals surface area contributed by atoms with Crippen LogP contribution in [0.3, 0.4) is 0 Å². The molecular weight excluding hydrogens is 322 g/mol. The number of rotatable bonds is 6. The van der Waals surface area contributed by atoms with Crippen LogP contribution in [-0.4, -0.2) is 79.4 Å². The van der Waals surface area contributed by atoms with Crippen LogP contribution in [-0.2, 0) is 9.53 Å². The number of nitrogens with zero attached hydrogens (tertiary/aromatic N) is 2. The van der Waals surface area contributed by atoms with Gasteiger partial charge in [-0.25, -0.2) is 4.79 Å². The van der Waals surface area contributed by atoms with E-state index in [-0.39, 0.29) is 18.0 Å². The van der Waals surface area contributed by atoms with E-state index in [2.05, 4.69) is 10.2 Å². The van der Waals surface area contributed by atoms with Crippen LogP contribution < -0.4 is 5.32 Å². The van der Waals surface area contributed by atoms with Crippen molar-refractivity contribution in [2.45, 2.75) is 44.6 Å². The van der Waals surface area contributed by atoms with E-state index in [1.54, 1.807) is 12.0 Å². The van der Waals surface area contributed by atoms with Gasteiger partial charge in [-0.2, -0.15) is 0 Å². The Balaban J connectivity index is 1.57. The number of carboxylic acids is 1. The van der Waals surface area contributed by atoms with Crippen LogP contribution in [0.15, 0.2) is 0 Å². The number of carboxylic acid groups (broad SMARTS) is 1. The molecule has 0 aromatic rings. The van der Waals surface area contributed by atoms with Gasteiger partial charge in [-0.05, 0) is 19.3 Å². The Kier molecular flexibility index (Phi) is 5.84. The molecule has 3 aliphatic rings. The third-order valence-corrected chi connectivity index (χ3v) is 6.15. The first-order valence-electron chi connectivity index (χ1n) is 9.55. The highest BCUT2D eigenvalue weighted by molar-refractivity contribution is 5.81. The highest BCUT2D eigenvalue weighted by Gasteiger charge is 2.58. The van der Waals surface area contributed by atoms with Crippen molar-refractivity contribution in [3.8, 4) is 0 Å². The van der Waals surface area contributed by atoms with Crippen LogP contribution in [0, 0.1) is 11.3 Å². The molecule has 2 N–H and O–H groups in total. The van der Waals surface area contributed by atoms with E-state index >= 15 is 0 Å². The number of hydrogen-bond donors (Lipinski definition) is 2. The molecule has 2 heterocycles. The zero-order valence-electron chi connectivity index (χ0n) is 15.2. The number of nitrogens with one attached hydrogen (secondary N) is 1. The molecule has 2 saturated heterocycles. The second-order valence-electron chi connectivity index (χ2n) is 7.90. The van der Waals surface area contributed by atoms with Crippen molar-refractivity contribution in [2.75, 3.05) is 46.4 Å². The monoisotopic (exact) mass is 353 g/mol. The molecule has 3 rings (SSSR count). The number of urea groups is 1. The van der Waals surface area contributed by atoms with Crippen LogP contribution in [0.25, 0.3) is 0 Å². The average Bonchev–Trinajstić information content (AvgIpc) is 3.11. The number of hydrogen-bond acceptors (Lipinski definition) is 4. The molecule has 2 amide bonds. The number of likely N-dealkylation sites (tertiary alicyclic amines) is 2. The third-order valence-electron chi connectivity index (χ3n) is 6.15. The summed E-state index contributed by atoms with van der Waals surface area (Å²) < 4.78 is 5.08. The molecule has 0 bridgehead atoms. The summed E-state index contributed by atoms with van der Waals surface area (Å²) in [4.78, 5) is 28.6. The number of fused-ring (bicyclic) bond motifs is 1. The molecule has 2 atom stereocenters. The van der Waals surface area contributed by atoms with Gasteiger partial charge in [0.1, 0.15) is 5.41 Å². The molecule has 25 heavy (non-hydrogen) atoms. The molecule has 1 aliphatic carbocycles. The van der Waals surface area contributed by atoms with Gasteiger partial charge in [0, 0.05) is 58.4 Å². The number of carbonyl (C=O) groups is 2. The number of aliphatic carboxylic acids is 1. The van der Waals surface area contributed by atoms with Crippen molar-refractivity contribution in [2.24, 2.45) is 11.3 Å². The Bertz CT molecular complexity index is 495. The molecule has 0 aromatic heterocycles. The first-order valence-corrected chi connectivity index (χ1v) is 9.55. The van der Waals surface area contributed by atoms with Crippen LogP contribution in [0.2, 0.25) is 0 Å². The number of methoxy groups -OCH3 is 1. The van der Waals surface area contributed by atoms with Crippen LogP contribution >= 0.6 is 0 Å². The fraction of sp³-hybridized carbons (Fsp3) is 0.889. The third kappa shape index (κ3) is 3.92. The van der Waals surface area contributed by atoms with Crippen molar-refractivity contribution in [3.05, 3.63) is 0 Å². The molecule has 142 valence electrons. The normalized spacial score (nSPS) is 30.4. The number of ether oxygens (including phenoxy) is 1. The van der Waals surface area contributed by atoms with Gasteiger partial charge in [-0.3, -0.25) is 4.79 Å². The fourth-order valence-corrected chi connectivity index (χ4v) is 4.74. The lowest BCUT2D eigenvalue weighted by Crippen LogP contribution is -2.47. The number of amides is 2. The summed E-state index contributed by atoms with van der Waals surface area (Å²) in [5, 5.41) is 13.0. The molecule has 0 aromatic carbocycles. The van der Waals surface area contributed by atoms with Crippen LogP contribution in [0.4, 0.5) is 4.79 Å². The minimum absolute atomic E-state index is 0.0182. The second kappa shape index (κ2) is 7.91. The molecule has 7 nitrogen and oxygen atoms in total. The van der Waals surface area contributed by atoms with E-state index < -0.39 is 11.4 Å². The molecule has 0 radical (unpaired) electrons. The zero-order chi connectivity index (χ0) is 17.9. The zero-order valence-corrected chi connectivity index (χ0v) is 15.2. The van der Waals surface area contributed by atoms with Gasteiger partial charge in [-0.1, -0.05) is 19.3 Å². The Hall–Kier alpha value is -1.34. The van der Waals surface area contributed by atoms with Crippen molar-refractivity contribution in [1.82, 2.24) is 15.1 Å². The van der Waals surface area contributed by atoms with Crippen molar-refractivity contribution in [3.63, 3.8) is 0 Å². The minimum atomic E-state index is -0.809. The van der Waals surface area contributed by atoms with Gasteiger partial charge in [0.25, 0.3) is 0 Å². The summed E-state index contributed by atoms with van der Waals surface area (Å²) in [5.41, 5.74) is -0.809. The minimum Gasteiger partial charge on any atom is -0.481 e. The van der Waals surface area contributed by atoms with Crippen LogP contribution in [0.5, 0.6) is 0 Å². The summed E-state index contributed by atoms with van der Waals surface area (Å²) >= 11 is 0. The van der Waals surface area contributed by atoms with Crippen LogP contribution in [0.1, 0.15) is 38.5 Å². The Morgan fingerprint density at radius 3 is 2.60 bits per heavy atom. The second-order valence-corrected chi connectivity index (χ2v) is 7.90. The molecule has 2 aliphatic heterocycles. The number of carbonyl (C=O) groups excluding carboxylic acids is 1. The van der Waals surface area contributed by atoms with E-state index in [4.69, 9.17) is 4.74 Å². The quantitative estimate of drug-likeness (QED) is 0.705. The summed E-state index contributed by atoms with van der Waals surface area (Å²) in [5.74, 6) is -0.746. The lowest BCUT2D eigenvalue weighted by Gasteiger charge is -2.28. The molecule has 3 fully saturated rings. The molecule has 0 spiro atoms. The Labute approximate surface area is 149 Å². The summed E-state index contributed by atoms with van der Waals surface area (Å²) in [6, 6.07) is 0.181. The summed E-state index contributed by atoms with van der Waals surface area (Å²) in [6.45, 7) is 3.70. The highest BCUT2D eigenvalue weighted by Crippen LogP contribution is 2.42. The lowest BCUT2D eigenvalue weighted by molar-refractivity contribution is -0.148. The standard InChI is InChI=1S/C18H31N3O4/c1-25-9-5-8-20-10-14-11-21(13-18(14,12-20)16(22)23)17(24)19-15-6-3-2-4-7-15/h14-15H,2-13H2,1H3,(H,19,24)(H,22,23)/t14-,18-/m1/s1. The average molecular weight is 353 g/mol. The van der Waals surface area contributed by atoms with E-state index in [0.29, 0.717) is 26.2 Å². The largest absolute Gasteiger partial charge is 0.481 e. The SMILES string of the molecule is COCCCN1C[C@@H]2CN(C(=O)NC3CCCCC3)C[C@]2(C(=O)O)C1. The van der Waals surface area contributed by atoms with E-state index in [9.17, 15) is 14.7 Å². The van der Waals surface area contributed by atoms with Crippen molar-refractivity contribution < 1.29 is 19.4 Å². The van der Waals surface area contributed by atoms with Gasteiger partial charge in [-0.15, -0.1) is 0 Å². The fourth-order valence-electron chi connectivity index (χ4n) is 4.74. The molecule has 1 saturated carbocycles. The van der Waals surface area contributed by atoms with Crippen molar-refractivity contribution in [1.29, 1.82) is 0 Å². The topological polar surface area (TPSA) is 82.1 Å². The summed E-state index contributed by atoms with van der Waals surface area (Å²) in [7, 11) is 1.68. The Morgan fingerprint density at radius 1 is 1.20 bits per heavy atom. The maximum Gasteiger partial charge on any atom is 0.317 e. The van der Waals surface area contributed by atoms with Gasteiger partial charge >= 0.3 is 12.0 Å². The van der Waals surface area contributed by atoms with Gasteiger partial charge in [0.05, 0.1) is 0 Å².